The summed E-state index contributed by atoms with van der Waals surface area (Å²) in [5.41, 5.74) is -6.81. The Bertz CT molecular complexity index is 497. The van der Waals surface area contributed by atoms with Crippen LogP contribution in [0.15, 0.2) is 18.2 Å². The zero-order chi connectivity index (χ0) is 15.6. The van der Waals surface area contributed by atoms with E-state index in [9.17, 15) is 31.1 Å². The van der Waals surface area contributed by atoms with Crippen LogP contribution in [0.25, 0.3) is 0 Å². The van der Waals surface area contributed by atoms with Crippen LogP contribution in [-0.2, 0) is 10.9 Å². The van der Waals surface area contributed by atoms with Crippen molar-refractivity contribution < 1.29 is 40.1 Å². The van der Waals surface area contributed by atoms with Gasteiger partial charge in [-0.1, -0.05) is 0 Å². The predicted octanol–water partition coefficient (Wildman–Crippen LogP) is 4.04. The highest BCUT2D eigenvalue weighted by molar-refractivity contribution is 7.95. The van der Waals surface area contributed by atoms with Crippen LogP contribution in [0.1, 0.15) is 15.9 Å². The van der Waals surface area contributed by atoms with Crippen molar-refractivity contribution >= 4 is 18.0 Å². The van der Waals surface area contributed by atoms with E-state index in [0.717, 1.165) is 13.2 Å². The summed E-state index contributed by atoms with van der Waals surface area (Å²) in [6, 6.07) is 1.85. The zero-order valence-electron chi connectivity index (χ0n) is 9.63. The smallest absolute Gasteiger partial charge is 0.465 e. The first-order valence-corrected chi connectivity index (χ1v) is 5.50. The molecule has 0 saturated heterocycles. The Labute approximate surface area is 113 Å². The van der Waals surface area contributed by atoms with E-state index in [1.165, 1.54) is 0 Å². The lowest BCUT2D eigenvalue weighted by Crippen LogP contribution is -2.11. The fourth-order valence-corrected chi connectivity index (χ4v) is 1.49. The highest BCUT2D eigenvalue weighted by Gasteiger charge is 2.38. The van der Waals surface area contributed by atoms with E-state index in [1.54, 1.807) is 0 Å². The highest BCUT2D eigenvalue weighted by Crippen LogP contribution is 2.40. The van der Waals surface area contributed by atoms with Gasteiger partial charge in [0.2, 0.25) is 0 Å². The summed E-state index contributed by atoms with van der Waals surface area (Å²) in [4.78, 5) is 11.1. The van der Waals surface area contributed by atoms with Crippen molar-refractivity contribution in [3.63, 3.8) is 0 Å². The van der Waals surface area contributed by atoms with Crippen LogP contribution in [0.2, 0.25) is 0 Å². The van der Waals surface area contributed by atoms with E-state index in [-0.39, 0.29) is 0 Å². The van der Waals surface area contributed by atoms with Gasteiger partial charge in [0.05, 0.1) is 18.2 Å². The first-order valence-electron chi connectivity index (χ1n) is 4.76. The number of carbonyl (C=O) groups excluding carboxylic acids is 1. The molecular weight excluding hydrogens is 314 g/mol. The molecule has 1 aromatic carbocycles. The molecule has 0 unspecified atom stereocenters. The molecule has 0 aliphatic carbocycles. The van der Waals surface area contributed by atoms with Crippen molar-refractivity contribution in [2.45, 2.75) is 11.7 Å². The molecule has 112 valence electrons. The molecule has 1 rings (SSSR count). The monoisotopic (exact) mass is 320 g/mol. The summed E-state index contributed by atoms with van der Waals surface area (Å²) in [7, 11) is 0.958. The average Bonchev–Trinajstić information content (AvgIpc) is 2.33. The van der Waals surface area contributed by atoms with E-state index < -0.39 is 46.6 Å². The molecule has 0 radical (unpaired) electrons. The Balaban J connectivity index is 3.14. The van der Waals surface area contributed by atoms with Crippen molar-refractivity contribution in [2.24, 2.45) is 0 Å². The SMILES string of the molecule is COC(=O)c1ccc(OSC(F)(F)F)c(C(F)(F)F)c1. The number of methoxy groups -OCH3 is 1. The lowest BCUT2D eigenvalue weighted by molar-refractivity contribution is -0.138. The molecule has 0 N–H and O–H groups in total. The topological polar surface area (TPSA) is 35.5 Å². The number of ether oxygens (including phenoxy) is 1. The minimum Gasteiger partial charge on any atom is -0.465 e. The molecule has 0 bridgehead atoms. The van der Waals surface area contributed by atoms with Crippen LogP contribution in [0.3, 0.4) is 0 Å². The number of benzene rings is 1. The maximum atomic E-state index is 12.7. The third kappa shape index (κ3) is 4.51. The van der Waals surface area contributed by atoms with Crippen molar-refractivity contribution in [2.75, 3.05) is 7.11 Å². The van der Waals surface area contributed by atoms with E-state index in [1.807, 2.05) is 0 Å². The minimum atomic E-state index is -4.98. The van der Waals surface area contributed by atoms with Gasteiger partial charge in [-0.15, -0.1) is 0 Å². The molecule has 0 spiro atoms. The molecule has 1 aromatic rings. The van der Waals surface area contributed by atoms with Crippen LogP contribution < -0.4 is 4.18 Å². The van der Waals surface area contributed by atoms with Crippen molar-refractivity contribution in [1.29, 1.82) is 0 Å². The summed E-state index contributed by atoms with van der Waals surface area (Å²) in [5.74, 6) is -2.10. The number of rotatable bonds is 3. The maximum absolute atomic E-state index is 12.7. The average molecular weight is 320 g/mol. The summed E-state index contributed by atoms with van der Waals surface area (Å²) in [5, 5.41) is 0. The Morgan fingerprint density at radius 3 is 2.20 bits per heavy atom. The molecule has 0 saturated carbocycles. The van der Waals surface area contributed by atoms with Gasteiger partial charge in [0.15, 0.2) is 12.0 Å². The van der Waals surface area contributed by atoms with Crippen molar-refractivity contribution in [3.8, 4) is 5.75 Å². The predicted molar refractivity (Wildman–Crippen MR) is 57.1 cm³/mol. The fourth-order valence-electron chi connectivity index (χ4n) is 1.16. The summed E-state index contributed by atoms with van der Waals surface area (Å²) >= 11 is -1.08. The summed E-state index contributed by atoms with van der Waals surface area (Å²) in [6.07, 6.45) is -4.98. The van der Waals surface area contributed by atoms with E-state index in [0.29, 0.717) is 12.1 Å². The van der Waals surface area contributed by atoms with E-state index >= 15 is 0 Å². The molecule has 0 fully saturated rings. The molecular formula is C10H6F6O3S. The third-order valence-corrected chi connectivity index (χ3v) is 2.38. The number of carbonyl (C=O) groups is 1. The molecule has 0 aliphatic heterocycles. The van der Waals surface area contributed by atoms with Gasteiger partial charge in [-0.2, -0.15) is 26.3 Å². The molecule has 0 atom stereocenters. The Kier molecular flexibility index (Phi) is 4.79. The highest BCUT2D eigenvalue weighted by atomic mass is 32.2. The van der Waals surface area contributed by atoms with Crippen LogP contribution >= 0.6 is 12.0 Å². The standard InChI is InChI=1S/C10H6F6O3S/c1-18-8(17)5-2-3-7(19-20-10(14,15)16)6(4-5)9(11,12)13/h2-4H,1H3. The molecule has 0 aromatic heterocycles. The molecule has 0 amide bonds. The van der Waals surface area contributed by atoms with Crippen LogP contribution in [0.5, 0.6) is 5.75 Å². The number of hydrogen-bond donors (Lipinski definition) is 0. The first kappa shape index (κ1) is 16.5. The molecule has 0 heterocycles. The Morgan fingerprint density at radius 1 is 1.15 bits per heavy atom. The second-order valence-electron chi connectivity index (χ2n) is 3.31. The Morgan fingerprint density at radius 2 is 1.75 bits per heavy atom. The van der Waals surface area contributed by atoms with Gasteiger partial charge in [-0.3, -0.25) is 0 Å². The number of halogens is 6. The van der Waals surface area contributed by atoms with E-state index in [2.05, 4.69) is 8.92 Å². The Hall–Kier alpha value is -1.58. The van der Waals surface area contributed by atoms with Gasteiger partial charge in [0.1, 0.15) is 5.75 Å². The second kappa shape index (κ2) is 5.81. The van der Waals surface area contributed by atoms with Gasteiger partial charge in [0.25, 0.3) is 0 Å². The van der Waals surface area contributed by atoms with Gasteiger partial charge < -0.3 is 8.92 Å². The lowest BCUT2D eigenvalue weighted by Gasteiger charge is -2.14. The minimum absolute atomic E-state index is 0.359. The van der Waals surface area contributed by atoms with Crippen LogP contribution in [-0.4, -0.2) is 18.6 Å². The third-order valence-electron chi connectivity index (χ3n) is 1.93. The molecule has 0 aliphatic rings. The van der Waals surface area contributed by atoms with Crippen LogP contribution in [0.4, 0.5) is 26.3 Å². The first-order chi connectivity index (χ1) is 9.04. The zero-order valence-corrected chi connectivity index (χ0v) is 10.4. The number of hydrogen-bond acceptors (Lipinski definition) is 4. The largest absolute Gasteiger partial charge is 0.479 e. The quantitative estimate of drug-likeness (QED) is 0.478. The molecule has 20 heavy (non-hydrogen) atoms. The van der Waals surface area contributed by atoms with Gasteiger partial charge >= 0.3 is 17.7 Å². The van der Waals surface area contributed by atoms with Crippen molar-refractivity contribution in [1.82, 2.24) is 0 Å². The fraction of sp³-hybridized carbons (Fsp3) is 0.300. The van der Waals surface area contributed by atoms with Crippen LogP contribution in [0, 0.1) is 0 Å². The molecule has 10 heteroatoms. The maximum Gasteiger partial charge on any atom is 0.479 e. The van der Waals surface area contributed by atoms with Gasteiger partial charge in [0, 0.05) is 0 Å². The lowest BCUT2D eigenvalue weighted by atomic mass is 10.1. The number of alkyl halides is 6. The van der Waals surface area contributed by atoms with Gasteiger partial charge in [-0.05, 0) is 18.2 Å². The van der Waals surface area contributed by atoms with Crippen molar-refractivity contribution in [3.05, 3.63) is 29.3 Å². The second-order valence-corrected chi connectivity index (χ2v) is 4.11. The van der Waals surface area contributed by atoms with E-state index in [4.69, 9.17) is 0 Å². The molecule has 3 nitrogen and oxygen atoms in total. The number of esters is 1. The summed E-state index contributed by atoms with van der Waals surface area (Å²) in [6.45, 7) is 0. The summed E-state index contributed by atoms with van der Waals surface area (Å²) < 4.78 is 82.1. The normalized spacial score (nSPS) is 12.2. The van der Waals surface area contributed by atoms with Gasteiger partial charge in [-0.25, -0.2) is 4.79 Å².